The zero-order chi connectivity index (χ0) is 30.5. The second-order valence-electron chi connectivity index (χ2n) is 11.0. The SMILES string of the molecule is COc1ccc(C)cc1N(CC(=O)N(Cc1ccccc1Cl)[C@H](C)C(=O)NC(C)(C)C)S(=O)(=O)c1ccc(C)cc1. The van der Waals surface area contributed by atoms with Crippen LogP contribution >= 0.6 is 11.6 Å². The largest absolute Gasteiger partial charge is 0.495 e. The standard InChI is InChI=1S/C31H38ClN3O5S/c1-21-12-15-25(16-13-21)41(38,39)35(27-18-22(2)14-17-28(27)40-7)20-29(36)34(19-24-10-8-9-11-26(24)32)23(3)30(37)33-31(4,5)6/h8-18,23H,19-20H2,1-7H3,(H,33,37)/t23-/m1/s1. The number of benzene rings is 3. The van der Waals surface area contributed by atoms with E-state index >= 15 is 0 Å². The summed E-state index contributed by atoms with van der Waals surface area (Å²) in [6.07, 6.45) is 0. The molecule has 0 aliphatic carbocycles. The summed E-state index contributed by atoms with van der Waals surface area (Å²) >= 11 is 6.43. The Hall–Kier alpha value is -3.56. The number of nitrogens with one attached hydrogen (secondary N) is 1. The Morgan fingerprint density at radius 2 is 1.59 bits per heavy atom. The van der Waals surface area contributed by atoms with Gasteiger partial charge in [0.1, 0.15) is 18.3 Å². The van der Waals surface area contributed by atoms with Crippen molar-refractivity contribution in [3.8, 4) is 5.75 Å². The van der Waals surface area contributed by atoms with E-state index in [1.54, 1.807) is 61.5 Å². The number of amides is 2. The van der Waals surface area contributed by atoms with Crippen molar-refractivity contribution in [2.75, 3.05) is 18.0 Å². The second kappa shape index (κ2) is 13.0. The highest BCUT2D eigenvalue weighted by Crippen LogP contribution is 2.34. The first kappa shape index (κ1) is 32.0. The number of anilines is 1. The van der Waals surface area contributed by atoms with E-state index in [-0.39, 0.29) is 28.8 Å². The molecule has 2 amide bonds. The van der Waals surface area contributed by atoms with E-state index in [0.29, 0.717) is 10.6 Å². The zero-order valence-corrected chi connectivity index (χ0v) is 26.1. The molecule has 0 radical (unpaired) electrons. The lowest BCUT2D eigenvalue weighted by atomic mass is 10.1. The predicted molar refractivity (Wildman–Crippen MR) is 163 cm³/mol. The molecule has 8 nitrogen and oxygen atoms in total. The summed E-state index contributed by atoms with van der Waals surface area (Å²) in [5.74, 6) is -0.671. The number of hydrogen-bond acceptors (Lipinski definition) is 5. The minimum absolute atomic E-state index is 0.000603. The van der Waals surface area contributed by atoms with Crippen LogP contribution in [0.1, 0.15) is 44.4 Å². The van der Waals surface area contributed by atoms with E-state index in [2.05, 4.69) is 5.32 Å². The van der Waals surface area contributed by atoms with E-state index in [1.807, 2.05) is 34.6 Å². The summed E-state index contributed by atoms with van der Waals surface area (Å²) in [5, 5.41) is 3.34. The smallest absolute Gasteiger partial charge is 0.264 e. The molecule has 10 heteroatoms. The Morgan fingerprint density at radius 1 is 0.976 bits per heavy atom. The molecule has 3 aromatic rings. The Morgan fingerprint density at radius 3 is 2.17 bits per heavy atom. The fourth-order valence-electron chi connectivity index (χ4n) is 4.21. The molecule has 0 spiro atoms. The minimum atomic E-state index is -4.23. The molecule has 0 unspecified atom stereocenters. The molecule has 3 rings (SSSR count). The quantitative estimate of drug-likeness (QED) is 0.332. The van der Waals surface area contributed by atoms with Crippen molar-refractivity contribution in [2.45, 2.75) is 64.6 Å². The first-order valence-electron chi connectivity index (χ1n) is 13.2. The lowest BCUT2D eigenvalue weighted by molar-refractivity contribution is -0.140. The molecule has 1 N–H and O–H groups in total. The molecule has 0 bridgehead atoms. The molecule has 0 saturated carbocycles. The number of halogens is 1. The van der Waals surface area contributed by atoms with Crippen molar-refractivity contribution < 1.29 is 22.7 Å². The third kappa shape index (κ3) is 8.01. The molecule has 220 valence electrons. The Kier molecular flexibility index (Phi) is 10.1. The van der Waals surface area contributed by atoms with Gasteiger partial charge in [0.05, 0.1) is 17.7 Å². The fraction of sp³-hybridized carbons (Fsp3) is 0.355. The van der Waals surface area contributed by atoms with E-state index < -0.39 is 34.1 Å². The average Bonchev–Trinajstić information content (AvgIpc) is 2.90. The number of sulfonamides is 1. The van der Waals surface area contributed by atoms with E-state index in [0.717, 1.165) is 15.4 Å². The topological polar surface area (TPSA) is 96.0 Å². The maximum absolute atomic E-state index is 14.1. The van der Waals surface area contributed by atoms with Crippen molar-refractivity contribution in [3.05, 3.63) is 88.4 Å². The third-order valence-corrected chi connectivity index (χ3v) is 8.60. The Balaban J connectivity index is 2.12. The molecular formula is C31H38ClN3O5S. The van der Waals surface area contributed by atoms with Crippen LogP contribution in [0.4, 0.5) is 5.69 Å². The average molecular weight is 600 g/mol. The predicted octanol–water partition coefficient (Wildman–Crippen LogP) is 5.49. The maximum atomic E-state index is 14.1. The van der Waals surface area contributed by atoms with Gasteiger partial charge >= 0.3 is 0 Å². The normalized spacial score (nSPS) is 12.4. The number of ether oxygens (including phenoxy) is 1. The highest BCUT2D eigenvalue weighted by Gasteiger charge is 2.34. The van der Waals surface area contributed by atoms with Crippen LogP contribution in [0, 0.1) is 13.8 Å². The first-order valence-corrected chi connectivity index (χ1v) is 15.0. The number of aryl methyl sites for hydroxylation is 2. The zero-order valence-electron chi connectivity index (χ0n) is 24.6. The van der Waals surface area contributed by atoms with Gasteiger partial charge in [0.25, 0.3) is 10.0 Å². The number of carbonyl (C=O) groups is 2. The summed E-state index contributed by atoms with van der Waals surface area (Å²) < 4.78 is 34.7. The molecule has 41 heavy (non-hydrogen) atoms. The Labute approximate surface area is 248 Å². The van der Waals surface area contributed by atoms with Gasteiger partial charge < -0.3 is 15.0 Å². The molecular weight excluding hydrogens is 562 g/mol. The van der Waals surface area contributed by atoms with Crippen LogP contribution in [-0.4, -0.2) is 50.4 Å². The van der Waals surface area contributed by atoms with Crippen LogP contribution in [0.15, 0.2) is 71.6 Å². The number of nitrogens with zero attached hydrogens (tertiary/aromatic N) is 2. The molecule has 0 heterocycles. The van der Waals surface area contributed by atoms with Crippen LogP contribution in [0.3, 0.4) is 0 Å². The first-order chi connectivity index (χ1) is 19.1. The maximum Gasteiger partial charge on any atom is 0.264 e. The highest BCUT2D eigenvalue weighted by atomic mass is 35.5. The summed E-state index contributed by atoms with van der Waals surface area (Å²) in [5.41, 5.74) is 1.97. The van der Waals surface area contributed by atoms with Gasteiger partial charge in [0.15, 0.2) is 0 Å². The number of rotatable bonds is 10. The van der Waals surface area contributed by atoms with Crippen LogP contribution < -0.4 is 14.4 Å². The van der Waals surface area contributed by atoms with Gasteiger partial charge in [0.2, 0.25) is 11.8 Å². The van der Waals surface area contributed by atoms with Gasteiger partial charge in [-0.1, -0.05) is 53.6 Å². The summed E-state index contributed by atoms with van der Waals surface area (Å²) in [4.78, 5) is 28.7. The van der Waals surface area contributed by atoms with Crippen LogP contribution in [0.2, 0.25) is 5.02 Å². The molecule has 3 aromatic carbocycles. The van der Waals surface area contributed by atoms with Gasteiger partial charge in [-0.05, 0) is 83.0 Å². The Bertz CT molecular complexity index is 1500. The van der Waals surface area contributed by atoms with Gasteiger partial charge in [0, 0.05) is 17.1 Å². The lowest BCUT2D eigenvalue weighted by Gasteiger charge is -2.34. The molecule has 0 aliphatic heterocycles. The summed E-state index contributed by atoms with van der Waals surface area (Å²) in [6.45, 7) is 10.3. The third-order valence-electron chi connectivity index (χ3n) is 6.45. The summed E-state index contributed by atoms with van der Waals surface area (Å²) in [6, 6.07) is 17.6. The lowest BCUT2D eigenvalue weighted by Crippen LogP contribution is -2.54. The summed E-state index contributed by atoms with van der Waals surface area (Å²) in [7, 11) is -2.79. The molecule has 0 fully saturated rings. The van der Waals surface area contributed by atoms with Crippen molar-refractivity contribution in [3.63, 3.8) is 0 Å². The monoisotopic (exact) mass is 599 g/mol. The van der Waals surface area contributed by atoms with Crippen molar-refractivity contribution >= 4 is 39.1 Å². The fourth-order valence-corrected chi connectivity index (χ4v) is 5.82. The van der Waals surface area contributed by atoms with Crippen LogP contribution in [-0.2, 0) is 26.2 Å². The van der Waals surface area contributed by atoms with E-state index in [4.69, 9.17) is 16.3 Å². The van der Waals surface area contributed by atoms with E-state index in [1.165, 1.54) is 24.1 Å². The molecule has 0 saturated heterocycles. The van der Waals surface area contributed by atoms with Gasteiger partial charge in [-0.3, -0.25) is 13.9 Å². The van der Waals surface area contributed by atoms with Crippen LogP contribution in [0.5, 0.6) is 5.75 Å². The minimum Gasteiger partial charge on any atom is -0.495 e. The van der Waals surface area contributed by atoms with Gasteiger partial charge in [-0.25, -0.2) is 8.42 Å². The number of methoxy groups -OCH3 is 1. The van der Waals surface area contributed by atoms with E-state index in [9.17, 15) is 18.0 Å². The number of carbonyl (C=O) groups excluding carboxylic acids is 2. The molecule has 0 aliphatic rings. The van der Waals surface area contributed by atoms with Crippen molar-refractivity contribution in [1.82, 2.24) is 10.2 Å². The van der Waals surface area contributed by atoms with Crippen molar-refractivity contribution in [2.24, 2.45) is 0 Å². The molecule has 1 atom stereocenters. The second-order valence-corrected chi connectivity index (χ2v) is 13.3. The highest BCUT2D eigenvalue weighted by molar-refractivity contribution is 7.92. The van der Waals surface area contributed by atoms with Gasteiger partial charge in [-0.15, -0.1) is 0 Å². The van der Waals surface area contributed by atoms with Gasteiger partial charge in [-0.2, -0.15) is 0 Å². The molecule has 0 aromatic heterocycles. The van der Waals surface area contributed by atoms with Crippen molar-refractivity contribution in [1.29, 1.82) is 0 Å². The number of hydrogen-bond donors (Lipinski definition) is 1. The van der Waals surface area contributed by atoms with Crippen LogP contribution in [0.25, 0.3) is 0 Å².